The van der Waals surface area contributed by atoms with E-state index in [0.29, 0.717) is 12.0 Å². The third kappa shape index (κ3) is 3.93. The van der Waals surface area contributed by atoms with Gasteiger partial charge in [-0.1, -0.05) is 25.1 Å². The lowest BCUT2D eigenvalue weighted by Gasteiger charge is -2.22. The summed E-state index contributed by atoms with van der Waals surface area (Å²) in [6.45, 7) is 3.53. The molecule has 1 N–H and O–H groups in total. The van der Waals surface area contributed by atoms with Gasteiger partial charge in [0, 0.05) is 6.04 Å². The number of aryl methyl sites for hydroxylation is 3. The van der Waals surface area contributed by atoms with Crippen molar-refractivity contribution in [1.82, 2.24) is 4.72 Å². The minimum absolute atomic E-state index is 0.0998. The van der Waals surface area contributed by atoms with Gasteiger partial charge in [0.25, 0.3) is 0 Å². The van der Waals surface area contributed by atoms with Crippen LogP contribution in [0.15, 0.2) is 41.3 Å². The molecule has 3 rings (SSSR count). The summed E-state index contributed by atoms with van der Waals surface area (Å²) in [6, 6.07) is 9.88. The molecule has 1 aliphatic carbocycles. The maximum Gasteiger partial charge on any atom is 0.241 e. The van der Waals surface area contributed by atoms with Crippen molar-refractivity contribution >= 4 is 10.0 Å². The van der Waals surface area contributed by atoms with E-state index >= 15 is 0 Å². The summed E-state index contributed by atoms with van der Waals surface area (Å²) < 4.78 is 41.6. The summed E-state index contributed by atoms with van der Waals surface area (Å²) in [5, 5.41) is 0. The van der Waals surface area contributed by atoms with Crippen LogP contribution in [0.5, 0.6) is 0 Å². The lowest BCUT2D eigenvalue weighted by Crippen LogP contribution is -2.28. The Bertz CT molecular complexity index is 877. The van der Waals surface area contributed by atoms with Crippen molar-refractivity contribution in [3.8, 4) is 0 Å². The van der Waals surface area contributed by atoms with Gasteiger partial charge in [0.2, 0.25) is 10.0 Å². The number of hydrogen-bond acceptors (Lipinski definition) is 2. The van der Waals surface area contributed by atoms with Gasteiger partial charge in [0.05, 0.1) is 4.90 Å². The van der Waals surface area contributed by atoms with Crippen LogP contribution in [0, 0.1) is 12.7 Å². The molecule has 1 aliphatic rings. The Kier molecular flexibility index (Phi) is 5.25. The molecule has 0 unspecified atom stereocenters. The van der Waals surface area contributed by atoms with Gasteiger partial charge in [-0.05, 0) is 79.5 Å². The molecule has 0 saturated heterocycles. The molecule has 5 heteroatoms. The third-order valence-corrected chi connectivity index (χ3v) is 6.39. The van der Waals surface area contributed by atoms with E-state index in [4.69, 9.17) is 0 Å². The number of fused-ring (bicyclic) bond motifs is 1. The molecule has 2 aromatic carbocycles. The van der Waals surface area contributed by atoms with Gasteiger partial charge in [0.1, 0.15) is 5.82 Å². The zero-order chi connectivity index (χ0) is 18.0. The average molecular weight is 361 g/mol. The maximum absolute atomic E-state index is 13.4. The van der Waals surface area contributed by atoms with Crippen molar-refractivity contribution in [1.29, 1.82) is 0 Å². The third-order valence-electron chi connectivity index (χ3n) is 4.92. The van der Waals surface area contributed by atoms with Crippen LogP contribution in [0.25, 0.3) is 0 Å². The number of rotatable bonds is 5. The van der Waals surface area contributed by atoms with E-state index in [0.717, 1.165) is 18.4 Å². The molecule has 0 aromatic heterocycles. The zero-order valence-corrected chi connectivity index (χ0v) is 15.5. The van der Waals surface area contributed by atoms with E-state index in [2.05, 4.69) is 16.9 Å². The summed E-state index contributed by atoms with van der Waals surface area (Å²) in [5.41, 5.74) is 4.02. The fraction of sp³-hybridized carbons (Fsp3) is 0.400. The van der Waals surface area contributed by atoms with Crippen molar-refractivity contribution in [3.63, 3.8) is 0 Å². The molecule has 1 atom stereocenters. The van der Waals surface area contributed by atoms with Crippen LogP contribution in [0.2, 0.25) is 0 Å². The van der Waals surface area contributed by atoms with Crippen molar-refractivity contribution < 1.29 is 12.8 Å². The number of sulfonamides is 1. The number of hydrogen-bond donors (Lipinski definition) is 1. The highest BCUT2D eigenvalue weighted by atomic mass is 32.2. The maximum atomic E-state index is 13.4. The Labute approximate surface area is 149 Å². The van der Waals surface area contributed by atoms with Gasteiger partial charge in [-0.15, -0.1) is 0 Å². The molecule has 2 aromatic rings. The lowest BCUT2D eigenvalue weighted by molar-refractivity contribution is 0.548. The van der Waals surface area contributed by atoms with Crippen molar-refractivity contribution in [2.24, 2.45) is 0 Å². The molecule has 0 radical (unpaired) electrons. The number of benzene rings is 2. The van der Waals surface area contributed by atoms with Gasteiger partial charge < -0.3 is 0 Å². The summed E-state index contributed by atoms with van der Waals surface area (Å²) >= 11 is 0. The topological polar surface area (TPSA) is 46.2 Å². The van der Waals surface area contributed by atoms with Crippen LogP contribution in [0.1, 0.15) is 54.5 Å². The molecule has 25 heavy (non-hydrogen) atoms. The minimum atomic E-state index is -3.70. The van der Waals surface area contributed by atoms with Crippen LogP contribution < -0.4 is 4.72 Å². The van der Waals surface area contributed by atoms with Gasteiger partial charge in [-0.3, -0.25) is 0 Å². The van der Waals surface area contributed by atoms with Gasteiger partial charge in [0.15, 0.2) is 0 Å². The van der Waals surface area contributed by atoms with E-state index in [1.165, 1.54) is 42.2 Å². The van der Waals surface area contributed by atoms with Crippen molar-refractivity contribution in [3.05, 3.63) is 64.5 Å². The predicted molar refractivity (Wildman–Crippen MR) is 97.6 cm³/mol. The van der Waals surface area contributed by atoms with E-state index in [-0.39, 0.29) is 10.9 Å². The van der Waals surface area contributed by atoms with Crippen LogP contribution in [-0.2, 0) is 22.9 Å². The molecule has 0 aliphatic heterocycles. The van der Waals surface area contributed by atoms with Gasteiger partial charge in [-0.25, -0.2) is 17.5 Å². The molecule has 0 heterocycles. The first-order valence-corrected chi connectivity index (χ1v) is 10.3. The molecular formula is C20H24FNO2S. The van der Waals surface area contributed by atoms with E-state index in [1.54, 1.807) is 6.92 Å². The summed E-state index contributed by atoms with van der Waals surface area (Å²) in [6.07, 6.45) is 5.22. The van der Waals surface area contributed by atoms with Crippen LogP contribution >= 0.6 is 0 Å². The van der Waals surface area contributed by atoms with Crippen molar-refractivity contribution in [2.75, 3.05) is 0 Å². The highest BCUT2D eigenvalue weighted by Crippen LogP contribution is 2.27. The highest BCUT2D eigenvalue weighted by Gasteiger charge is 2.22. The van der Waals surface area contributed by atoms with Gasteiger partial charge >= 0.3 is 0 Å². The van der Waals surface area contributed by atoms with E-state index < -0.39 is 15.8 Å². The molecule has 0 amide bonds. The normalized spacial score (nSPS) is 15.6. The largest absolute Gasteiger partial charge is 0.241 e. The predicted octanol–water partition coefficient (Wildman–Crippen LogP) is 4.44. The SMILES string of the molecule is CC[C@H](NS(=O)(=O)c1ccc(F)c(C)c1)c1ccc2c(c1)CCCC2. The molecule has 134 valence electrons. The van der Waals surface area contributed by atoms with Gasteiger partial charge in [-0.2, -0.15) is 0 Å². The molecule has 3 nitrogen and oxygen atoms in total. The fourth-order valence-electron chi connectivity index (χ4n) is 3.40. The fourth-order valence-corrected chi connectivity index (χ4v) is 4.79. The average Bonchev–Trinajstić information content (AvgIpc) is 2.61. The first-order chi connectivity index (χ1) is 11.9. The molecular weight excluding hydrogens is 337 g/mol. The van der Waals surface area contributed by atoms with Crippen molar-refractivity contribution in [2.45, 2.75) is 56.9 Å². The Balaban J connectivity index is 1.87. The quantitative estimate of drug-likeness (QED) is 0.856. The molecule has 0 fully saturated rings. The van der Waals surface area contributed by atoms with E-state index in [1.807, 2.05) is 13.0 Å². The second-order valence-electron chi connectivity index (χ2n) is 6.73. The smallest absolute Gasteiger partial charge is 0.207 e. The minimum Gasteiger partial charge on any atom is -0.207 e. The first kappa shape index (κ1) is 18.1. The highest BCUT2D eigenvalue weighted by molar-refractivity contribution is 7.89. The second kappa shape index (κ2) is 7.26. The zero-order valence-electron chi connectivity index (χ0n) is 14.7. The number of halogens is 1. The molecule has 0 saturated carbocycles. The Morgan fingerprint density at radius 1 is 1.08 bits per heavy atom. The van der Waals surface area contributed by atoms with Crippen LogP contribution in [0.4, 0.5) is 4.39 Å². The standard InChI is InChI=1S/C20H24FNO2S/c1-3-20(17-9-8-15-6-4-5-7-16(15)13-17)22-25(23,24)18-10-11-19(21)14(2)12-18/h8-13,20,22H,3-7H2,1-2H3/t20-/m0/s1. The van der Waals surface area contributed by atoms with E-state index in [9.17, 15) is 12.8 Å². The second-order valence-corrected chi connectivity index (χ2v) is 8.44. The molecule has 0 spiro atoms. The first-order valence-electron chi connectivity index (χ1n) is 8.81. The summed E-state index contributed by atoms with van der Waals surface area (Å²) in [5.74, 6) is -0.402. The lowest BCUT2D eigenvalue weighted by atomic mass is 9.89. The Hall–Kier alpha value is -1.72. The van der Waals surface area contributed by atoms with Crippen LogP contribution in [-0.4, -0.2) is 8.42 Å². The van der Waals surface area contributed by atoms with Crippen LogP contribution in [0.3, 0.4) is 0 Å². The summed E-state index contributed by atoms with van der Waals surface area (Å²) in [4.78, 5) is 0.0998. The monoisotopic (exact) mass is 361 g/mol. The summed E-state index contributed by atoms with van der Waals surface area (Å²) in [7, 11) is -3.70. The molecule has 0 bridgehead atoms. The number of nitrogens with one attached hydrogen (secondary N) is 1. The Morgan fingerprint density at radius 3 is 2.48 bits per heavy atom. The Morgan fingerprint density at radius 2 is 1.80 bits per heavy atom.